The van der Waals surface area contributed by atoms with Crippen LogP contribution in [0.15, 0.2) is 33.9 Å². The summed E-state index contributed by atoms with van der Waals surface area (Å²) in [7, 11) is 0. The van der Waals surface area contributed by atoms with Gasteiger partial charge in [-0.2, -0.15) is 0 Å². The van der Waals surface area contributed by atoms with Crippen LogP contribution in [0.4, 0.5) is 0 Å². The molecule has 1 aliphatic heterocycles. The van der Waals surface area contributed by atoms with E-state index in [1.54, 1.807) is 27.9 Å². The van der Waals surface area contributed by atoms with Crippen molar-refractivity contribution in [1.29, 1.82) is 0 Å². The average Bonchev–Trinajstić information content (AvgIpc) is 2.79. The molecule has 0 bridgehead atoms. The standard InChI is InChI=1S/C14H13O4.3C4H9.Sn/c15-13-11-7-3-4-8-12(11)14(16)18-10-6-2-1-5-9-17-13;3*1-3-4-2;/h1,3-4,7-8H,5-6,9-10H2;3*1,3-4H2,2H3;. The summed E-state index contributed by atoms with van der Waals surface area (Å²) < 4.78 is 16.9. The Labute approximate surface area is 192 Å². The van der Waals surface area contributed by atoms with Crippen molar-refractivity contribution in [3.63, 3.8) is 0 Å². The predicted octanol–water partition coefficient (Wildman–Crippen LogP) is 7.11. The van der Waals surface area contributed by atoms with Crippen molar-refractivity contribution in [2.75, 3.05) is 13.2 Å². The number of rotatable bonds is 10. The number of hydrogen-bond donors (Lipinski definition) is 0. The quantitative estimate of drug-likeness (QED) is 0.237. The molecule has 0 unspecified atom stereocenters. The van der Waals surface area contributed by atoms with Crippen molar-refractivity contribution in [2.24, 2.45) is 0 Å². The van der Waals surface area contributed by atoms with Crippen LogP contribution in [-0.4, -0.2) is 43.5 Å². The fraction of sp³-hybridized carbons (Fsp3) is 0.615. The van der Waals surface area contributed by atoms with Crippen LogP contribution in [0.3, 0.4) is 0 Å². The molecule has 2 rings (SSSR count). The van der Waals surface area contributed by atoms with E-state index in [1.165, 1.54) is 51.8 Å². The first-order chi connectivity index (χ1) is 15.1. The first-order valence-corrected chi connectivity index (χ1v) is 19.7. The Balaban J connectivity index is 2.31. The number of unbranched alkanes of at least 4 members (excludes halogenated alkanes) is 3. The number of cyclic esters (lactones) is 2. The number of ether oxygens (including phenoxy) is 2. The third kappa shape index (κ3) is 7.65. The number of esters is 2. The summed E-state index contributed by atoms with van der Waals surface area (Å²) in [6, 6.07) is 6.78. The van der Waals surface area contributed by atoms with Gasteiger partial charge in [0.2, 0.25) is 0 Å². The van der Waals surface area contributed by atoms with Crippen LogP contribution in [-0.2, 0) is 9.47 Å². The van der Waals surface area contributed by atoms with Crippen LogP contribution in [0.1, 0.15) is 92.9 Å². The molecular formula is C26H40O4Sn. The van der Waals surface area contributed by atoms with E-state index < -0.39 is 30.3 Å². The van der Waals surface area contributed by atoms with E-state index in [0.29, 0.717) is 24.3 Å². The summed E-state index contributed by atoms with van der Waals surface area (Å²) in [6.45, 7) is 7.61. The molecule has 1 aliphatic rings. The minimum atomic E-state index is -2.59. The fourth-order valence-electron chi connectivity index (χ4n) is 4.62. The van der Waals surface area contributed by atoms with Crippen LogP contribution in [0.2, 0.25) is 13.3 Å². The van der Waals surface area contributed by atoms with E-state index in [2.05, 4.69) is 26.8 Å². The van der Waals surface area contributed by atoms with Gasteiger partial charge >= 0.3 is 193 Å². The van der Waals surface area contributed by atoms with Crippen LogP contribution < -0.4 is 0 Å². The first-order valence-electron chi connectivity index (χ1n) is 12.2. The maximum atomic E-state index is 12.7. The molecule has 0 spiro atoms. The Bertz CT molecular complexity index is 719. The molecule has 0 aromatic heterocycles. The Hall–Kier alpha value is -1.30. The molecule has 0 aliphatic carbocycles. The average molecular weight is 535 g/mol. The van der Waals surface area contributed by atoms with E-state index in [4.69, 9.17) is 9.47 Å². The molecule has 0 saturated heterocycles. The van der Waals surface area contributed by atoms with Gasteiger partial charge in [-0.15, -0.1) is 0 Å². The van der Waals surface area contributed by atoms with Gasteiger partial charge in [0.05, 0.1) is 0 Å². The second kappa shape index (κ2) is 14.0. The van der Waals surface area contributed by atoms with Crippen molar-refractivity contribution >= 4 is 30.3 Å². The Morgan fingerprint density at radius 2 is 1.26 bits per heavy atom. The van der Waals surface area contributed by atoms with E-state index >= 15 is 0 Å². The summed E-state index contributed by atoms with van der Waals surface area (Å²) in [5.41, 5.74) is 0.593. The molecule has 0 radical (unpaired) electrons. The van der Waals surface area contributed by atoms with E-state index in [9.17, 15) is 9.59 Å². The fourth-order valence-corrected chi connectivity index (χ4v) is 21.8. The molecular weight excluding hydrogens is 495 g/mol. The maximum absolute atomic E-state index is 12.7. The molecule has 1 heterocycles. The van der Waals surface area contributed by atoms with Gasteiger partial charge in [-0.25, -0.2) is 0 Å². The summed E-state index contributed by atoms with van der Waals surface area (Å²) in [5, 5.41) is 0. The topological polar surface area (TPSA) is 52.6 Å². The van der Waals surface area contributed by atoms with Gasteiger partial charge in [0.1, 0.15) is 0 Å². The molecule has 0 amide bonds. The molecule has 1 aromatic carbocycles. The van der Waals surface area contributed by atoms with Crippen LogP contribution in [0, 0.1) is 0 Å². The van der Waals surface area contributed by atoms with Crippen molar-refractivity contribution in [2.45, 2.75) is 85.4 Å². The molecule has 0 atom stereocenters. The van der Waals surface area contributed by atoms with Crippen molar-refractivity contribution in [1.82, 2.24) is 0 Å². The SMILES string of the molecule is CCC[CH2][Sn]([CH2]CCC)([CH2]CCC)/[C]1=C\CCOC(=O)c2ccccc2C(=O)OCC1. The summed E-state index contributed by atoms with van der Waals surface area (Å²) >= 11 is -2.59. The Kier molecular flexibility index (Phi) is 11.7. The molecule has 31 heavy (non-hydrogen) atoms. The zero-order valence-electron chi connectivity index (χ0n) is 19.7. The Morgan fingerprint density at radius 3 is 1.74 bits per heavy atom. The second-order valence-electron chi connectivity index (χ2n) is 8.68. The zero-order chi connectivity index (χ0) is 22.5. The van der Waals surface area contributed by atoms with Gasteiger partial charge in [-0.3, -0.25) is 0 Å². The van der Waals surface area contributed by atoms with Gasteiger partial charge in [-0.05, 0) is 0 Å². The molecule has 4 nitrogen and oxygen atoms in total. The predicted molar refractivity (Wildman–Crippen MR) is 129 cm³/mol. The van der Waals surface area contributed by atoms with E-state index in [0.717, 1.165) is 12.8 Å². The molecule has 1 aromatic rings. The number of fused-ring (bicyclic) bond motifs is 1. The summed E-state index contributed by atoms with van der Waals surface area (Å²) in [6.07, 6.45) is 11.5. The van der Waals surface area contributed by atoms with Crippen molar-refractivity contribution < 1.29 is 19.1 Å². The van der Waals surface area contributed by atoms with Gasteiger partial charge in [0, 0.05) is 0 Å². The van der Waals surface area contributed by atoms with E-state index in [-0.39, 0.29) is 0 Å². The molecule has 0 saturated carbocycles. The van der Waals surface area contributed by atoms with Crippen LogP contribution in [0.5, 0.6) is 0 Å². The number of carbonyl (C=O) groups excluding carboxylic acids is 2. The minimum absolute atomic E-state index is 0.291. The molecule has 5 heteroatoms. The third-order valence-electron chi connectivity index (χ3n) is 6.42. The van der Waals surface area contributed by atoms with Gasteiger partial charge in [-0.1, -0.05) is 0 Å². The number of benzene rings is 1. The van der Waals surface area contributed by atoms with E-state index in [1.807, 2.05) is 0 Å². The van der Waals surface area contributed by atoms with Crippen molar-refractivity contribution in [3.05, 3.63) is 45.1 Å². The van der Waals surface area contributed by atoms with Gasteiger partial charge < -0.3 is 0 Å². The van der Waals surface area contributed by atoms with Gasteiger partial charge in [0.15, 0.2) is 0 Å². The van der Waals surface area contributed by atoms with Gasteiger partial charge in [0.25, 0.3) is 0 Å². The number of hydrogen-bond acceptors (Lipinski definition) is 4. The second-order valence-corrected chi connectivity index (χ2v) is 22.1. The number of carbonyl (C=O) groups is 2. The van der Waals surface area contributed by atoms with Crippen LogP contribution in [0.25, 0.3) is 0 Å². The monoisotopic (exact) mass is 536 g/mol. The summed E-state index contributed by atoms with van der Waals surface area (Å²) in [4.78, 5) is 25.2. The molecule has 0 N–H and O–H groups in total. The zero-order valence-corrected chi connectivity index (χ0v) is 22.6. The summed E-state index contributed by atoms with van der Waals surface area (Å²) in [5.74, 6) is -0.871. The molecule has 172 valence electrons. The van der Waals surface area contributed by atoms with Crippen LogP contribution >= 0.6 is 0 Å². The third-order valence-corrected chi connectivity index (χ3v) is 22.8. The molecule has 0 fully saturated rings. The Morgan fingerprint density at radius 1 is 0.774 bits per heavy atom. The van der Waals surface area contributed by atoms with Crippen molar-refractivity contribution in [3.8, 4) is 0 Å². The normalized spacial score (nSPS) is 17.5. The first kappa shape index (κ1) is 26.0.